The number of anilines is 1. The molecule has 0 unspecified atom stereocenters. The molecule has 4 heterocycles. The van der Waals surface area contributed by atoms with Gasteiger partial charge in [-0.2, -0.15) is 0 Å². The van der Waals surface area contributed by atoms with E-state index in [0.717, 1.165) is 61.8 Å². The number of hydrogen-bond acceptors (Lipinski definition) is 6. The molecule has 0 aliphatic carbocycles. The quantitative estimate of drug-likeness (QED) is 0.597. The van der Waals surface area contributed by atoms with Gasteiger partial charge in [-0.3, -0.25) is 24.4 Å². The van der Waals surface area contributed by atoms with Gasteiger partial charge in [-0.1, -0.05) is 26.0 Å². The molecule has 2 saturated heterocycles. The summed E-state index contributed by atoms with van der Waals surface area (Å²) in [6.07, 6.45) is 2.50. The highest BCUT2D eigenvalue weighted by atomic mass is 19.1. The molecule has 0 spiro atoms. The SMILES string of the molecule is CC(=O)N1CCN(C[C@H]2CN[C@H](C)CN2CC(=O)N2CC(C)(C)c3cnc(Cc4ccc(F)cc4)cc32)[C@H](C)C1. The Balaban J connectivity index is 1.30. The molecule has 5 rings (SSSR count). The summed E-state index contributed by atoms with van der Waals surface area (Å²) >= 11 is 0. The lowest BCUT2D eigenvalue weighted by Gasteiger charge is -2.45. The smallest absolute Gasteiger partial charge is 0.241 e. The lowest BCUT2D eigenvalue weighted by Crippen LogP contribution is -2.63. The van der Waals surface area contributed by atoms with Crippen molar-refractivity contribution in [2.45, 2.75) is 64.6 Å². The van der Waals surface area contributed by atoms with E-state index in [9.17, 15) is 14.0 Å². The Bertz CT molecular complexity index is 1230. The fourth-order valence-corrected chi connectivity index (χ4v) is 6.42. The van der Waals surface area contributed by atoms with Gasteiger partial charge in [-0.25, -0.2) is 4.39 Å². The summed E-state index contributed by atoms with van der Waals surface area (Å²) in [5.74, 6) is -0.00600. The molecule has 3 aliphatic rings. The van der Waals surface area contributed by atoms with Crippen LogP contribution < -0.4 is 10.2 Å². The van der Waals surface area contributed by atoms with E-state index in [1.54, 1.807) is 19.1 Å². The van der Waals surface area contributed by atoms with E-state index in [1.807, 2.05) is 22.1 Å². The maximum Gasteiger partial charge on any atom is 0.241 e. The molecule has 2 amide bonds. The third-order valence-electron chi connectivity index (χ3n) is 8.83. The molecular formula is C31H43FN6O2. The van der Waals surface area contributed by atoms with Crippen molar-refractivity contribution in [3.05, 3.63) is 59.2 Å². The van der Waals surface area contributed by atoms with Crippen LogP contribution in [0.2, 0.25) is 0 Å². The average molecular weight is 551 g/mol. The fraction of sp³-hybridized carbons (Fsp3) is 0.581. The van der Waals surface area contributed by atoms with E-state index in [1.165, 1.54) is 12.1 Å². The van der Waals surface area contributed by atoms with Gasteiger partial charge in [-0.15, -0.1) is 0 Å². The van der Waals surface area contributed by atoms with Crippen molar-refractivity contribution in [3.8, 4) is 0 Å². The molecule has 1 aromatic carbocycles. The number of pyridine rings is 1. The van der Waals surface area contributed by atoms with Gasteiger partial charge in [0.05, 0.1) is 12.2 Å². The minimum Gasteiger partial charge on any atom is -0.340 e. The Hall–Kier alpha value is -2.88. The molecule has 216 valence electrons. The van der Waals surface area contributed by atoms with Crippen LogP contribution in [0, 0.1) is 5.82 Å². The first kappa shape index (κ1) is 28.6. The second-order valence-electron chi connectivity index (χ2n) is 12.6. The Kier molecular flexibility index (Phi) is 8.27. The van der Waals surface area contributed by atoms with Crippen LogP contribution in [0.4, 0.5) is 10.1 Å². The molecule has 0 saturated carbocycles. The Morgan fingerprint density at radius 1 is 1.10 bits per heavy atom. The number of piperazine rings is 2. The highest BCUT2D eigenvalue weighted by Crippen LogP contribution is 2.40. The van der Waals surface area contributed by atoms with Crippen molar-refractivity contribution in [2.75, 3.05) is 57.3 Å². The van der Waals surface area contributed by atoms with Gasteiger partial charge < -0.3 is 15.1 Å². The monoisotopic (exact) mass is 550 g/mol. The molecule has 2 aromatic rings. The molecular weight excluding hydrogens is 507 g/mol. The van der Waals surface area contributed by atoms with Crippen LogP contribution >= 0.6 is 0 Å². The largest absolute Gasteiger partial charge is 0.340 e. The van der Waals surface area contributed by atoms with Crippen molar-refractivity contribution < 1.29 is 14.0 Å². The van der Waals surface area contributed by atoms with Crippen molar-refractivity contribution >= 4 is 17.5 Å². The Morgan fingerprint density at radius 3 is 2.55 bits per heavy atom. The van der Waals surface area contributed by atoms with Crippen LogP contribution in [0.3, 0.4) is 0 Å². The predicted octanol–water partition coefficient (Wildman–Crippen LogP) is 2.65. The van der Waals surface area contributed by atoms with Gasteiger partial charge in [-0.05, 0) is 37.6 Å². The van der Waals surface area contributed by atoms with E-state index < -0.39 is 0 Å². The number of benzene rings is 1. The first-order chi connectivity index (χ1) is 19.0. The summed E-state index contributed by atoms with van der Waals surface area (Å²) in [6.45, 7) is 16.2. The van der Waals surface area contributed by atoms with Crippen LogP contribution in [0.15, 0.2) is 36.5 Å². The van der Waals surface area contributed by atoms with Gasteiger partial charge in [0.25, 0.3) is 0 Å². The van der Waals surface area contributed by atoms with Gasteiger partial charge in [0.1, 0.15) is 5.82 Å². The van der Waals surface area contributed by atoms with Gasteiger partial charge >= 0.3 is 0 Å². The number of hydrogen-bond donors (Lipinski definition) is 1. The number of amides is 2. The Labute approximate surface area is 237 Å². The maximum atomic E-state index is 13.9. The lowest BCUT2D eigenvalue weighted by atomic mass is 9.88. The van der Waals surface area contributed by atoms with E-state index in [-0.39, 0.29) is 35.1 Å². The molecule has 1 N–H and O–H groups in total. The van der Waals surface area contributed by atoms with Crippen LogP contribution in [0.1, 0.15) is 51.4 Å². The first-order valence-corrected chi connectivity index (χ1v) is 14.5. The van der Waals surface area contributed by atoms with Gasteiger partial charge in [0.15, 0.2) is 0 Å². The number of nitrogens with one attached hydrogen (secondary N) is 1. The number of rotatable bonds is 6. The summed E-state index contributed by atoms with van der Waals surface area (Å²) in [4.78, 5) is 39.2. The van der Waals surface area contributed by atoms with E-state index >= 15 is 0 Å². The number of fused-ring (bicyclic) bond motifs is 1. The summed E-state index contributed by atoms with van der Waals surface area (Å²) in [7, 11) is 0. The van der Waals surface area contributed by atoms with Crippen LogP contribution in [-0.2, 0) is 21.4 Å². The van der Waals surface area contributed by atoms with Gasteiger partial charge in [0.2, 0.25) is 11.8 Å². The molecule has 8 nitrogen and oxygen atoms in total. The molecule has 3 aliphatic heterocycles. The Morgan fingerprint density at radius 2 is 1.85 bits per heavy atom. The zero-order chi connectivity index (χ0) is 28.6. The third-order valence-corrected chi connectivity index (χ3v) is 8.83. The summed E-state index contributed by atoms with van der Waals surface area (Å²) in [6, 6.07) is 9.35. The summed E-state index contributed by atoms with van der Waals surface area (Å²) in [5.41, 5.74) is 3.70. The van der Waals surface area contributed by atoms with Crippen LogP contribution in [0.5, 0.6) is 0 Å². The van der Waals surface area contributed by atoms with Crippen molar-refractivity contribution in [1.29, 1.82) is 0 Å². The second kappa shape index (κ2) is 11.5. The van der Waals surface area contributed by atoms with E-state index in [0.29, 0.717) is 25.6 Å². The fourth-order valence-electron chi connectivity index (χ4n) is 6.42. The number of nitrogens with zero attached hydrogens (tertiary/aromatic N) is 5. The molecule has 2 fully saturated rings. The molecule has 40 heavy (non-hydrogen) atoms. The number of aromatic nitrogens is 1. The molecule has 3 atom stereocenters. The van der Waals surface area contributed by atoms with Gasteiger partial charge in [0, 0.05) is 100 Å². The van der Waals surface area contributed by atoms with Crippen molar-refractivity contribution in [3.63, 3.8) is 0 Å². The maximum absolute atomic E-state index is 13.9. The lowest BCUT2D eigenvalue weighted by molar-refractivity contribution is -0.132. The number of halogens is 1. The first-order valence-electron chi connectivity index (χ1n) is 14.5. The molecule has 0 radical (unpaired) electrons. The average Bonchev–Trinajstić information content (AvgIpc) is 3.18. The second-order valence-corrected chi connectivity index (χ2v) is 12.6. The number of carbonyl (C=O) groups excluding carboxylic acids is 2. The van der Waals surface area contributed by atoms with Crippen LogP contribution in [0.25, 0.3) is 0 Å². The van der Waals surface area contributed by atoms with Crippen molar-refractivity contribution in [1.82, 2.24) is 25.0 Å². The summed E-state index contributed by atoms with van der Waals surface area (Å²) < 4.78 is 13.4. The highest BCUT2D eigenvalue weighted by Gasteiger charge is 2.40. The molecule has 1 aromatic heterocycles. The predicted molar refractivity (Wildman–Crippen MR) is 155 cm³/mol. The topological polar surface area (TPSA) is 72.0 Å². The number of carbonyl (C=O) groups is 2. The highest BCUT2D eigenvalue weighted by molar-refractivity contribution is 5.97. The van der Waals surface area contributed by atoms with Crippen LogP contribution in [-0.4, -0.2) is 102 Å². The summed E-state index contributed by atoms with van der Waals surface area (Å²) in [5, 5.41) is 3.61. The zero-order valence-electron chi connectivity index (χ0n) is 24.5. The zero-order valence-corrected chi connectivity index (χ0v) is 24.5. The normalized spacial score (nSPS) is 25.2. The standard InChI is InChI=1S/C31H43FN6O2/c1-21-16-37(27(14-33-21)18-35-10-11-36(23(3)39)17-22(35)2)19-30(40)38-20-31(4,5)28-15-34-26(13-29(28)38)12-24-6-8-25(32)9-7-24/h6-9,13,15,21-22,27,33H,10-12,14,16-20H2,1-5H3/t21-,22-,27-/m1/s1. The van der Waals surface area contributed by atoms with E-state index in [2.05, 4.69) is 42.8 Å². The van der Waals surface area contributed by atoms with E-state index in [4.69, 9.17) is 4.98 Å². The third kappa shape index (κ3) is 6.21. The minimum absolute atomic E-state index is 0.110. The minimum atomic E-state index is -0.252. The van der Waals surface area contributed by atoms with Crippen molar-refractivity contribution in [2.24, 2.45) is 0 Å². The molecule has 9 heteroatoms. The molecule has 0 bridgehead atoms.